The molecule has 1 fully saturated rings. The molecule has 6 nitrogen and oxygen atoms in total. The van der Waals surface area contributed by atoms with E-state index in [9.17, 15) is 13.6 Å². The van der Waals surface area contributed by atoms with Gasteiger partial charge in [0.15, 0.2) is 5.69 Å². The molecule has 2 aromatic heterocycles. The Morgan fingerprint density at radius 2 is 2.00 bits per heavy atom. The zero-order valence-corrected chi connectivity index (χ0v) is 15.8. The van der Waals surface area contributed by atoms with Crippen LogP contribution in [-0.2, 0) is 0 Å². The number of hydrogen-bond donors (Lipinski definition) is 0. The van der Waals surface area contributed by atoms with Crippen molar-refractivity contribution in [3.63, 3.8) is 0 Å². The molecule has 2 heterocycles. The van der Waals surface area contributed by atoms with Gasteiger partial charge in [-0.2, -0.15) is 0 Å². The molecule has 146 valence electrons. The highest BCUT2D eigenvalue weighted by molar-refractivity contribution is 5.93. The number of fused-ring (bicyclic) bond motifs is 1. The third-order valence-electron chi connectivity index (χ3n) is 5.48. The van der Waals surface area contributed by atoms with E-state index >= 15 is 0 Å². The summed E-state index contributed by atoms with van der Waals surface area (Å²) in [5, 5.41) is 9.18. The zero-order valence-electron chi connectivity index (χ0n) is 15.8. The Balaban J connectivity index is 1.58. The number of pyridine rings is 1. The second-order valence-electron chi connectivity index (χ2n) is 7.32. The Morgan fingerprint density at radius 1 is 1.25 bits per heavy atom. The topological polar surface area (TPSA) is 63.9 Å². The van der Waals surface area contributed by atoms with Gasteiger partial charge in [-0.3, -0.25) is 9.78 Å². The van der Waals surface area contributed by atoms with Crippen LogP contribution in [-0.4, -0.2) is 49.8 Å². The molecule has 0 aliphatic heterocycles. The highest BCUT2D eigenvalue weighted by atomic mass is 19.3. The minimum atomic E-state index is -2.62. The molecule has 0 atom stereocenters. The first-order valence-corrected chi connectivity index (χ1v) is 9.28. The lowest BCUT2D eigenvalue weighted by Crippen LogP contribution is -2.42. The molecule has 0 bridgehead atoms. The van der Waals surface area contributed by atoms with Gasteiger partial charge in [0, 0.05) is 37.5 Å². The highest BCUT2D eigenvalue weighted by Gasteiger charge is 2.38. The first-order valence-electron chi connectivity index (χ1n) is 9.28. The SMILES string of the molecule is Cc1c(C(=O)N(C)C2CCC(F)(F)CC2)nnn1-c1ccc2ncccc2c1. The predicted octanol–water partition coefficient (Wildman–Crippen LogP) is 3.77. The van der Waals surface area contributed by atoms with Gasteiger partial charge >= 0.3 is 0 Å². The standard InChI is InChI=1S/C20H21F2N5O/c1-13-18(19(28)26(2)15-7-9-20(21,22)10-8-15)24-25-27(13)16-5-6-17-14(12-16)4-3-11-23-17/h3-6,11-12,15H,7-10H2,1-2H3. The summed E-state index contributed by atoms with van der Waals surface area (Å²) >= 11 is 0. The number of benzene rings is 1. The maximum Gasteiger partial charge on any atom is 0.276 e. The molecule has 1 amide bonds. The predicted molar refractivity (Wildman–Crippen MR) is 101 cm³/mol. The van der Waals surface area contributed by atoms with Gasteiger partial charge in [0.1, 0.15) is 0 Å². The summed E-state index contributed by atoms with van der Waals surface area (Å²) in [5.74, 6) is -2.91. The van der Waals surface area contributed by atoms with Gasteiger partial charge in [0.25, 0.3) is 5.91 Å². The smallest absolute Gasteiger partial charge is 0.276 e. The number of aromatic nitrogens is 4. The number of nitrogens with zero attached hydrogens (tertiary/aromatic N) is 5. The molecular weight excluding hydrogens is 364 g/mol. The van der Waals surface area contributed by atoms with E-state index in [-0.39, 0.29) is 30.5 Å². The van der Waals surface area contributed by atoms with Crippen molar-refractivity contribution in [1.82, 2.24) is 24.9 Å². The molecule has 4 rings (SSSR count). The minimum absolute atomic E-state index is 0.188. The molecule has 1 aliphatic rings. The monoisotopic (exact) mass is 385 g/mol. The van der Waals surface area contributed by atoms with Gasteiger partial charge in [-0.05, 0) is 44.0 Å². The lowest BCUT2D eigenvalue weighted by molar-refractivity contribution is -0.0491. The van der Waals surface area contributed by atoms with Crippen LogP contribution in [0.3, 0.4) is 0 Å². The minimum Gasteiger partial charge on any atom is -0.337 e. The summed E-state index contributed by atoms with van der Waals surface area (Å²) in [5.41, 5.74) is 2.51. The van der Waals surface area contributed by atoms with E-state index in [1.54, 1.807) is 24.9 Å². The third kappa shape index (κ3) is 3.34. The highest BCUT2D eigenvalue weighted by Crippen LogP contribution is 2.35. The van der Waals surface area contributed by atoms with Gasteiger partial charge in [-0.15, -0.1) is 5.10 Å². The van der Waals surface area contributed by atoms with Crippen molar-refractivity contribution in [1.29, 1.82) is 0 Å². The van der Waals surface area contributed by atoms with Crippen LogP contribution < -0.4 is 0 Å². The van der Waals surface area contributed by atoms with Crippen molar-refractivity contribution >= 4 is 16.8 Å². The Morgan fingerprint density at radius 3 is 2.75 bits per heavy atom. The first-order chi connectivity index (χ1) is 13.4. The second kappa shape index (κ2) is 6.92. The molecule has 28 heavy (non-hydrogen) atoms. The van der Waals surface area contributed by atoms with Crippen LogP contribution in [0.5, 0.6) is 0 Å². The van der Waals surface area contributed by atoms with Crippen LogP contribution in [0.25, 0.3) is 16.6 Å². The molecule has 1 aromatic carbocycles. The van der Waals surface area contributed by atoms with Crippen LogP contribution in [0.4, 0.5) is 8.78 Å². The lowest BCUT2D eigenvalue weighted by atomic mass is 9.91. The summed E-state index contributed by atoms with van der Waals surface area (Å²) in [6, 6.07) is 9.31. The van der Waals surface area contributed by atoms with Crippen LogP contribution in [0.2, 0.25) is 0 Å². The molecule has 1 saturated carbocycles. The van der Waals surface area contributed by atoms with Crippen molar-refractivity contribution in [2.24, 2.45) is 0 Å². The number of carbonyl (C=O) groups excluding carboxylic acids is 1. The van der Waals surface area contributed by atoms with Gasteiger partial charge in [0.05, 0.1) is 16.9 Å². The van der Waals surface area contributed by atoms with Crippen LogP contribution in [0, 0.1) is 6.92 Å². The van der Waals surface area contributed by atoms with Crippen LogP contribution >= 0.6 is 0 Å². The molecule has 0 N–H and O–H groups in total. The summed E-state index contributed by atoms with van der Waals surface area (Å²) < 4.78 is 28.4. The van der Waals surface area contributed by atoms with Gasteiger partial charge in [0.2, 0.25) is 5.92 Å². The maximum absolute atomic E-state index is 13.4. The number of rotatable bonds is 3. The molecule has 0 radical (unpaired) electrons. The van der Waals surface area contributed by atoms with Crippen LogP contribution in [0.1, 0.15) is 41.9 Å². The summed E-state index contributed by atoms with van der Waals surface area (Å²) in [4.78, 5) is 18.7. The van der Waals surface area contributed by atoms with Crippen molar-refractivity contribution in [2.75, 3.05) is 7.05 Å². The first kappa shape index (κ1) is 18.5. The third-order valence-corrected chi connectivity index (χ3v) is 5.48. The maximum atomic E-state index is 13.4. The van der Waals surface area contributed by atoms with Crippen molar-refractivity contribution in [3.05, 3.63) is 47.9 Å². The van der Waals surface area contributed by atoms with E-state index < -0.39 is 5.92 Å². The molecule has 0 unspecified atom stereocenters. The normalized spacial score (nSPS) is 17.0. The number of amides is 1. The quantitative estimate of drug-likeness (QED) is 0.688. The summed E-state index contributed by atoms with van der Waals surface area (Å²) in [6.45, 7) is 1.78. The van der Waals surface area contributed by atoms with E-state index in [1.807, 2.05) is 30.3 Å². The summed E-state index contributed by atoms with van der Waals surface area (Å²) in [6.07, 6.45) is 1.94. The second-order valence-corrected chi connectivity index (χ2v) is 7.32. The Labute approximate surface area is 161 Å². The number of carbonyl (C=O) groups is 1. The molecule has 0 saturated heterocycles. The average Bonchev–Trinajstić information content (AvgIpc) is 3.08. The molecular formula is C20H21F2N5O. The fourth-order valence-electron chi connectivity index (χ4n) is 3.71. The molecule has 8 heteroatoms. The van der Waals surface area contributed by atoms with Crippen molar-refractivity contribution < 1.29 is 13.6 Å². The van der Waals surface area contributed by atoms with Crippen LogP contribution in [0.15, 0.2) is 36.5 Å². The number of hydrogen-bond acceptors (Lipinski definition) is 4. The average molecular weight is 385 g/mol. The fraction of sp³-hybridized carbons (Fsp3) is 0.400. The van der Waals surface area contributed by atoms with E-state index in [4.69, 9.17) is 0 Å². The summed E-state index contributed by atoms with van der Waals surface area (Å²) in [7, 11) is 1.65. The van der Waals surface area contributed by atoms with E-state index in [1.165, 1.54) is 4.90 Å². The Kier molecular flexibility index (Phi) is 4.56. The zero-order chi connectivity index (χ0) is 19.9. The van der Waals surface area contributed by atoms with Gasteiger partial charge in [-0.25, -0.2) is 13.5 Å². The van der Waals surface area contributed by atoms with E-state index in [2.05, 4.69) is 15.3 Å². The van der Waals surface area contributed by atoms with Gasteiger partial charge < -0.3 is 4.90 Å². The van der Waals surface area contributed by atoms with Crippen molar-refractivity contribution in [2.45, 2.75) is 44.6 Å². The van der Waals surface area contributed by atoms with E-state index in [0.29, 0.717) is 18.5 Å². The number of alkyl halides is 2. The lowest BCUT2D eigenvalue weighted by Gasteiger charge is -2.34. The largest absolute Gasteiger partial charge is 0.337 e. The van der Waals surface area contributed by atoms with E-state index in [0.717, 1.165) is 16.6 Å². The number of halogens is 2. The Bertz CT molecular complexity index is 1020. The molecule has 3 aromatic rings. The fourth-order valence-corrected chi connectivity index (χ4v) is 3.71. The molecule has 0 spiro atoms. The van der Waals surface area contributed by atoms with Crippen molar-refractivity contribution in [3.8, 4) is 5.69 Å². The van der Waals surface area contributed by atoms with Gasteiger partial charge in [-0.1, -0.05) is 11.3 Å². The Hall–Kier alpha value is -2.90. The molecule has 1 aliphatic carbocycles.